The van der Waals surface area contributed by atoms with Gasteiger partial charge >= 0.3 is 5.97 Å². The molecule has 1 heterocycles. The van der Waals surface area contributed by atoms with Gasteiger partial charge in [0.15, 0.2) is 0 Å². The van der Waals surface area contributed by atoms with E-state index in [1.165, 1.54) is 12.1 Å². The number of non-ortho nitro benzene ring substituents is 1. The average Bonchev–Trinajstić information content (AvgIpc) is 2.41. The van der Waals surface area contributed by atoms with Gasteiger partial charge in [-0.15, -0.1) is 0 Å². The molecule has 0 aliphatic carbocycles. The number of likely N-dealkylation sites (tertiary alicyclic amines) is 1. The number of hydrogen-bond donors (Lipinski definition) is 1. The van der Waals surface area contributed by atoms with Crippen LogP contribution in [-0.2, 0) is 11.3 Å². The fraction of sp³-hybridized carbons (Fsp3) is 0.462. The first kappa shape index (κ1) is 14.4. The summed E-state index contributed by atoms with van der Waals surface area (Å²) in [4.78, 5) is 22.7. The highest BCUT2D eigenvalue weighted by molar-refractivity contribution is 5.70. The second-order valence-electron chi connectivity index (χ2n) is 4.92. The number of piperidine rings is 1. The Morgan fingerprint density at radius 1 is 1.45 bits per heavy atom. The smallest absolute Gasteiger partial charge is 0.306 e. The van der Waals surface area contributed by atoms with Crippen molar-refractivity contribution < 1.29 is 19.2 Å². The van der Waals surface area contributed by atoms with Crippen LogP contribution in [0.15, 0.2) is 18.2 Å². The molecule has 1 aromatic carbocycles. The molecule has 0 aromatic heterocycles. The Hall–Kier alpha value is -2.02. The predicted octanol–water partition coefficient (Wildman–Crippen LogP) is 2.03. The van der Waals surface area contributed by atoms with E-state index in [1.54, 1.807) is 0 Å². The van der Waals surface area contributed by atoms with E-state index >= 15 is 0 Å². The molecule has 1 saturated heterocycles. The van der Waals surface area contributed by atoms with Crippen molar-refractivity contribution in [3.05, 3.63) is 39.7 Å². The van der Waals surface area contributed by atoms with Gasteiger partial charge in [0, 0.05) is 18.2 Å². The number of aliphatic carboxylic acids is 1. The van der Waals surface area contributed by atoms with Crippen LogP contribution in [0.3, 0.4) is 0 Å². The summed E-state index contributed by atoms with van der Waals surface area (Å²) in [7, 11) is 0. The number of halogens is 1. The van der Waals surface area contributed by atoms with E-state index < -0.39 is 16.7 Å². The highest BCUT2D eigenvalue weighted by Gasteiger charge is 2.25. The Morgan fingerprint density at radius 2 is 2.10 bits per heavy atom. The number of rotatable bonds is 4. The zero-order valence-corrected chi connectivity index (χ0v) is 10.8. The van der Waals surface area contributed by atoms with Crippen LogP contribution in [0.1, 0.15) is 18.4 Å². The number of nitrogens with zero attached hydrogens (tertiary/aromatic N) is 2. The largest absolute Gasteiger partial charge is 0.481 e. The number of nitro benzene ring substituents is 1. The van der Waals surface area contributed by atoms with Crippen LogP contribution in [0.25, 0.3) is 0 Å². The summed E-state index contributed by atoms with van der Waals surface area (Å²) in [6.07, 6.45) is 1.09. The highest BCUT2D eigenvalue weighted by Crippen LogP contribution is 2.22. The SMILES string of the molecule is O=C(O)C1CCN(Cc2ccc([N+](=O)[O-])cc2F)CC1. The summed E-state index contributed by atoms with van der Waals surface area (Å²) in [6, 6.07) is 3.61. The normalized spacial score (nSPS) is 17.1. The van der Waals surface area contributed by atoms with Gasteiger partial charge in [-0.3, -0.25) is 19.8 Å². The van der Waals surface area contributed by atoms with E-state index in [1.807, 2.05) is 4.90 Å². The van der Waals surface area contributed by atoms with Crippen molar-refractivity contribution in [2.45, 2.75) is 19.4 Å². The van der Waals surface area contributed by atoms with Crippen molar-refractivity contribution in [3.63, 3.8) is 0 Å². The Balaban J connectivity index is 1.98. The van der Waals surface area contributed by atoms with Crippen molar-refractivity contribution in [2.24, 2.45) is 5.92 Å². The van der Waals surface area contributed by atoms with Gasteiger partial charge in [0.05, 0.1) is 16.9 Å². The molecule has 1 aliphatic heterocycles. The monoisotopic (exact) mass is 282 g/mol. The molecule has 1 fully saturated rings. The molecule has 0 radical (unpaired) electrons. The third-order valence-electron chi connectivity index (χ3n) is 3.58. The summed E-state index contributed by atoms with van der Waals surface area (Å²) >= 11 is 0. The fourth-order valence-electron chi connectivity index (χ4n) is 2.36. The Morgan fingerprint density at radius 3 is 2.60 bits per heavy atom. The first-order valence-electron chi connectivity index (χ1n) is 6.35. The van der Waals surface area contributed by atoms with Crippen molar-refractivity contribution in [1.29, 1.82) is 0 Å². The van der Waals surface area contributed by atoms with E-state index in [-0.39, 0.29) is 11.6 Å². The van der Waals surface area contributed by atoms with Crippen LogP contribution in [0.4, 0.5) is 10.1 Å². The van der Waals surface area contributed by atoms with Crippen molar-refractivity contribution in [2.75, 3.05) is 13.1 Å². The molecule has 108 valence electrons. The lowest BCUT2D eigenvalue weighted by molar-refractivity contribution is -0.385. The Bertz CT molecular complexity index is 527. The first-order valence-corrected chi connectivity index (χ1v) is 6.35. The molecule has 0 atom stereocenters. The van der Waals surface area contributed by atoms with E-state index in [2.05, 4.69) is 0 Å². The summed E-state index contributed by atoms with van der Waals surface area (Å²) in [5.74, 6) is -1.71. The molecule has 0 amide bonds. The maximum absolute atomic E-state index is 13.7. The van der Waals surface area contributed by atoms with Crippen LogP contribution in [0.2, 0.25) is 0 Å². The summed E-state index contributed by atoms with van der Waals surface area (Å²) in [5.41, 5.74) is 0.125. The number of carboxylic acids is 1. The van der Waals surface area contributed by atoms with Crippen LogP contribution in [-0.4, -0.2) is 34.0 Å². The van der Waals surface area contributed by atoms with Gasteiger partial charge < -0.3 is 5.11 Å². The van der Waals surface area contributed by atoms with Crippen molar-refractivity contribution >= 4 is 11.7 Å². The molecule has 0 saturated carbocycles. The van der Waals surface area contributed by atoms with Gasteiger partial charge in [0.1, 0.15) is 5.82 Å². The zero-order chi connectivity index (χ0) is 14.7. The molecule has 1 N–H and O–H groups in total. The lowest BCUT2D eigenvalue weighted by atomic mass is 9.97. The van der Waals surface area contributed by atoms with Gasteiger partial charge in [0.25, 0.3) is 5.69 Å². The molecule has 1 aromatic rings. The number of hydrogen-bond acceptors (Lipinski definition) is 4. The standard InChI is InChI=1S/C13H15FN2O4/c14-12-7-11(16(19)20)2-1-10(12)8-15-5-3-9(4-6-15)13(17)18/h1-2,7,9H,3-6,8H2,(H,17,18). The molecule has 7 heteroatoms. The second-order valence-corrected chi connectivity index (χ2v) is 4.92. The van der Waals surface area contributed by atoms with Gasteiger partial charge in [-0.05, 0) is 32.0 Å². The van der Waals surface area contributed by atoms with Crippen LogP contribution >= 0.6 is 0 Å². The summed E-state index contributed by atoms with van der Waals surface area (Å²) in [5, 5.41) is 19.4. The fourth-order valence-corrected chi connectivity index (χ4v) is 2.36. The van der Waals surface area contributed by atoms with Gasteiger partial charge in [0.2, 0.25) is 0 Å². The third-order valence-corrected chi connectivity index (χ3v) is 3.58. The number of benzene rings is 1. The molecular weight excluding hydrogens is 267 g/mol. The minimum absolute atomic E-state index is 0.268. The topological polar surface area (TPSA) is 83.7 Å². The summed E-state index contributed by atoms with van der Waals surface area (Å²) in [6.45, 7) is 1.52. The predicted molar refractivity (Wildman–Crippen MR) is 68.7 cm³/mol. The quantitative estimate of drug-likeness (QED) is 0.674. The third kappa shape index (κ3) is 3.30. The minimum Gasteiger partial charge on any atom is -0.481 e. The molecule has 0 spiro atoms. The van der Waals surface area contributed by atoms with Gasteiger partial charge in [-0.2, -0.15) is 0 Å². The van der Waals surface area contributed by atoms with Crippen molar-refractivity contribution in [3.8, 4) is 0 Å². The lowest BCUT2D eigenvalue weighted by Gasteiger charge is -2.30. The molecule has 1 aliphatic rings. The molecule has 0 bridgehead atoms. The van der Waals surface area contributed by atoms with E-state index in [0.29, 0.717) is 38.0 Å². The highest BCUT2D eigenvalue weighted by atomic mass is 19.1. The lowest BCUT2D eigenvalue weighted by Crippen LogP contribution is -2.36. The maximum atomic E-state index is 13.7. The summed E-state index contributed by atoms with van der Waals surface area (Å²) < 4.78 is 13.7. The molecule has 20 heavy (non-hydrogen) atoms. The number of carboxylic acid groups (broad SMARTS) is 1. The molecular formula is C13H15FN2O4. The van der Waals surface area contributed by atoms with Crippen LogP contribution < -0.4 is 0 Å². The van der Waals surface area contributed by atoms with Gasteiger partial charge in [-0.1, -0.05) is 0 Å². The Labute approximate surface area is 115 Å². The molecule has 0 unspecified atom stereocenters. The molecule has 2 rings (SSSR count). The number of nitro groups is 1. The molecule has 6 nitrogen and oxygen atoms in total. The van der Waals surface area contributed by atoms with E-state index in [0.717, 1.165) is 6.07 Å². The first-order chi connectivity index (χ1) is 9.47. The van der Waals surface area contributed by atoms with Crippen LogP contribution in [0.5, 0.6) is 0 Å². The van der Waals surface area contributed by atoms with Gasteiger partial charge in [-0.25, -0.2) is 4.39 Å². The van der Waals surface area contributed by atoms with E-state index in [4.69, 9.17) is 5.11 Å². The average molecular weight is 282 g/mol. The van der Waals surface area contributed by atoms with E-state index in [9.17, 15) is 19.3 Å². The maximum Gasteiger partial charge on any atom is 0.306 e. The van der Waals surface area contributed by atoms with Crippen molar-refractivity contribution in [1.82, 2.24) is 4.90 Å². The minimum atomic E-state index is -0.786. The van der Waals surface area contributed by atoms with Crippen LogP contribution in [0, 0.1) is 21.8 Å². The zero-order valence-electron chi connectivity index (χ0n) is 10.8. The second kappa shape index (κ2) is 5.96. The number of carbonyl (C=O) groups is 1. The Kier molecular flexibility index (Phi) is 4.29.